The van der Waals surface area contributed by atoms with Crippen LogP contribution < -0.4 is 5.32 Å². The standard InChI is InChI=1S/C13H19NO2/c1-9(2)12(13(15)16)14-8-11-6-4-10(3)5-7-11/h4-7,9,12,14H,8H2,1-3H3,(H,15,16)/t12-/m1/s1. The maximum Gasteiger partial charge on any atom is 0.320 e. The van der Waals surface area contributed by atoms with Crippen molar-refractivity contribution < 1.29 is 9.90 Å². The fourth-order valence-corrected chi connectivity index (χ4v) is 1.54. The molecule has 3 heteroatoms. The summed E-state index contributed by atoms with van der Waals surface area (Å²) in [6, 6.07) is 7.61. The van der Waals surface area contributed by atoms with Gasteiger partial charge in [-0.1, -0.05) is 43.7 Å². The summed E-state index contributed by atoms with van der Waals surface area (Å²) < 4.78 is 0. The molecule has 2 N–H and O–H groups in total. The van der Waals surface area contributed by atoms with Crippen molar-refractivity contribution in [3.05, 3.63) is 35.4 Å². The third kappa shape index (κ3) is 3.66. The van der Waals surface area contributed by atoms with Crippen molar-refractivity contribution in [2.45, 2.75) is 33.4 Å². The van der Waals surface area contributed by atoms with E-state index in [2.05, 4.69) is 5.32 Å². The van der Waals surface area contributed by atoms with Crippen LogP contribution in [0.5, 0.6) is 0 Å². The molecule has 1 rings (SSSR count). The fraction of sp³-hybridized carbons (Fsp3) is 0.462. The lowest BCUT2D eigenvalue weighted by atomic mass is 10.0. The van der Waals surface area contributed by atoms with Gasteiger partial charge in [0, 0.05) is 6.54 Å². The highest BCUT2D eigenvalue weighted by Crippen LogP contribution is 2.06. The molecule has 0 radical (unpaired) electrons. The first-order chi connectivity index (χ1) is 7.50. The first-order valence-electron chi connectivity index (χ1n) is 5.52. The lowest BCUT2D eigenvalue weighted by Gasteiger charge is -2.17. The van der Waals surface area contributed by atoms with Crippen LogP contribution in [0.15, 0.2) is 24.3 Å². The molecule has 1 aromatic rings. The Bertz CT molecular complexity index is 343. The van der Waals surface area contributed by atoms with Crippen LogP contribution in [-0.4, -0.2) is 17.1 Å². The van der Waals surface area contributed by atoms with Gasteiger partial charge in [-0.15, -0.1) is 0 Å². The highest BCUT2D eigenvalue weighted by atomic mass is 16.4. The first kappa shape index (κ1) is 12.7. The molecule has 0 saturated heterocycles. The Balaban J connectivity index is 2.55. The van der Waals surface area contributed by atoms with E-state index in [1.54, 1.807) is 0 Å². The Morgan fingerprint density at radius 2 is 1.88 bits per heavy atom. The Morgan fingerprint density at radius 1 is 1.31 bits per heavy atom. The quantitative estimate of drug-likeness (QED) is 0.801. The van der Waals surface area contributed by atoms with Crippen molar-refractivity contribution in [2.24, 2.45) is 5.92 Å². The summed E-state index contributed by atoms with van der Waals surface area (Å²) in [5.74, 6) is -0.704. The number of benzene rings is 1. The average molecular weight is 221 g/mol. The van der Waals surface area contributed by atoms with E-state index in [0.29, 0.717) is 6.54 Å². The molecule has 0 aliphatic rings. The van der Waals surface area contributed by atoms with E-state index in [0.717, 1.165) is 5.56 Å². The second kappa shape index (κ2) is 5.66. The van der Waals surface area contributed by atoms with Crippen molar-refractivity contribution in [2.75, 3.05) is 0 Å². The molecule has 88 valence electrons. The van der Waals surface area contributed by atoms with Gasteiger partial charge in [-0.25, -0.2) is 0 Å². The summed E-state index contributed by atoms with van der Waals surface area (Å²) in [5.41, 5.74) is 2.32. The van der Waals surface area contributed by atoms with Gasteiger partial charge in [-0.2, -0.15) is 0 Å². The zero-order valence-electron chi connectivity index (χ0n) is 10.0. The summed E-state index contributed by atoms with van der Waals surface area (Å²) in [7, 11) is 0. The molecule has 0 aliphatic carbocycles. The number of nitrogens with one attached hydrogen (secondary N) is 1. The number of hydrogen-bond acceptors (Lipinski definition) is 2. The lowest BCUT2D eigenvalue weighted by Crippen LogP contribution is -2.40. The van der Waals surface area contributed by atoms with Gasteiger partial charge in [-0.05, 0) is 18.4 Å². The van der Waals surface area contributed by atoms with Crippen LogP contribution in [0.25, 0.3) is 0 Å². The third-order valence-corrected chi connectivity index (χ3v) is 2.58. The maximum absolute atomic E-state index is 11.0. The fourth-order valence-electron chi connectivity index (χ4n) is 1.54. The average Bonchev–Trinajstić information content (AvgIpc) is 2.20. The van der Waals surface area contributed by atoms with Crippen molar-refractivity contribution in [1.29, 1.82) is 0 Å². The molecule has 0 heterocycles. The second-order valence-electron chi connectivity index (χ2n) is 4.43. The molecule has 0 unspecified atom stereocenters. The van der Waals surface area contributed by atoms with Gasteiger partial charge in [0.05, 0.1) is 0 Å². The predicted octanol–water partition coefficient (Wildman–Crippen LogP) is 2.19. The number of aliphatic carboxylic acids is 1. The molecule has 1 atom stereocenters. The van der Waals surface area contributed by atoms with Crippen molar-refractivity contribution in [1.82, 2.24) is 5.32 Å². The normalized spacial score (nSPS) is 12.8. The van der Waals surface area contributed by atoms with Crippen molar-refractivity contribution in [3.63, 3.8) is 0 Å². The summed E-state index contributed by atoms with van der Waals surface area (Å²) in [6.07, 6.45) is 0. The number of rotatable bonds is 5. The van der Waals surface area contributed by atoms with Crippen LogP contribution in [0.4, 0.5) is 0 Å². The van der Waals surface area contributed by atoms with Crippen LogP contribution >= 0.6 is 0 Å². The van der Waals surface area contributed by atoms with E-state index in [1.165, 1.54) is 5.56 Å². The number of aryl methyl sites for hydroxylation is 1. The summed E-state index contributed by atoms with van der Waals surface area (Å²) in [6.45, 7) is 6.43. The smallest absolute Gasteiger partial charge is 0.320 e. The number of hydrogen-bond donors (Lipinski definition) is 2. The minimum absolute atomic E-state index is 0.0861. The predicted molar refractivity (Wildman–Crippen MR) is 64.3 cm³/mol. The Kier molecular flexibility index (Phi) is 4.50. The van der Waals surface area contributed by atoms with Crippen LogP contribution in [0.1, 0.15) is 25.0 Å². The van der Waals surface area contributed by atoms with Gasteiger partial charge >= 0.3 is 5.97 Å². The van der Waals surface area contributed by atoms with Crippen molar-refractivity contribution >= 4 is 5.97 Å². The van der Waals surface area contributed by atoms with Gasteiger partial charge in [0.1, 0.15) is 6.04 Å². The molecule has 16 heavy (non-hydrogen) atoms. The molecular weight excluding hydrogens is 202 g/mol. The van der Waals surface area contributed by atoms with Gasteiger partial charge in [0.2, 0.25) is 0 Å². The monoisotopic (exact) mass is 221 g/mol. The highest BCUT2D eigenvalue weighted by molar-refractivity contribution is 5.73. The number of carboxylic acid groups (broad SMARTS) is 1. The van der Waals surface area contributed by atoms with E-state index in [1.807, 2.05) is 45.0 Å². The van der Waals surface area contributed by atoms with Gasteiger partial charge in [-0.3, -0.25) is 4.79 Å². The van der Waals surface area contributed by atoms with E-state index >= 15 is 0 Å². The van der Waals surface area contributed by atoms with Crippen molar-refractivity contribution in [3.8, 4) is 0 Å². The molecule has 0 amide bonds. The van der Waals surface area contributed by atoms with Crippen LogP contribution in [0.2, 0.25) is 0 Å². The molecule has 3 nitrogen and oxygen atoms in total. The third-order valence-electron chi connectivity index (χ3n) is 2.58. The van der Waals surface area contributed by atoms with Gasteiger partial charge in [0.25, 0.3) is 0 Å². The Hall–Kier alpha value is -1.35. The van der Waals surface area contributed by atoms with Crippen LogP contribution in [0, 0.1) is 12.8 Å². The summed E-state index contributed by atoms with van der Waals surface area (Å²) in [4.78, 5) is 11.0. The summed E-state index contributed by atoms with van der Waals surface area (Å²) >= 11 is 0. The minimum atomic E-state index is -0.790. The SMILES string of the molecule is Cc1ccc(CN[C@@H](C(=O)O)C(C)C)cc1. The largest absolute Gasteiger partial charge is 0.480 e. The van der Waals surface area contributed by atoms with E-state index in [4.69, 9.17) is 5.11 Å². The molecule has 0 aliphatic heterocycles. The minimum Gasteiger partial charge on any atom is -0.480 e. The first-order valence-corrected chi connectivity index (χ1v) is 5.52. The zero-order valence-corrected chi connectivity index (χ0v) is 10.0. The molecule has 0 aromatic heterocycles. The van der Waals surface area contributed by atoms with Gasteiger partial charge < -0.3 is 10.4 Å². The molecule has 0 bridgehead atoms. The molecule has 0 saturated carbocycles. The molecule has 0 fully saturated rings. The molecular formula is C13H19NO2. The lowest BCUT2D eigenvalue weighted by molar-refractivity contribution is -0.140. The Morgan fingerprint density at radius 3 is 2.31 bits per heavy atom. The van der Waals surface area contributed by atoms with E-state index < -0.39 is 12.0 Å². The van der Waals surface area contributed by atoms with E-state index in [9.17, 15) is 4.79 Å². The van der Waals surface area contributed by atoms with Crippen LogP contribution in [-0.2, 0) is 11.3 Å². The molecule has 0 spiro atoms. The number of carboxylic acids is 1. The van der Waals surface area contributed by atoms with Gasteiger partial charge in [0.15, 0.2) is 0 Å². The van der Waals surface area contributed by atoms with Crippen LogP contribution in [0.3, 0.4) is 0 Å². The highest BCUT2D eigenvalue weighted by Gasteiger charge is 2.20. The topological polar surface area (TPSA) is 49.3 Å². The van der Waals surface area contributed by atoms with E-state index in [-0.39, 0.29) is 5.92 Å². The summed E-state index contributed by atoms with van der Waals surface area (Å²) in [5, 5.41) is 12.1. The second-order valence-corrected chi connectivity index (χ2v) is 4.43. The molecule has 1 aromatic carbocycles. The Labute approximate surface area is 96.5 Å². The number of carbonyl (C=O) groups is 1. The maximum atomic E-state index is 11.0. The zero-order chi connectivity index (χ0) is 12.1.